The van der Waals surface area contributed by atoms with Crippen LogP contribution >= 0.6 is 0 Å². The summed E-state index contributed by atoms with van der Waals surface area (Å²) in [5.41, 5.74) is -0.740. The predicted octanol–water partition coefficient (Wildman–Crippen LogP) is 12.1. The lowest BCUT2D eigenvalue weighted by atomic mass is 9.82. The molecule has 0 bridgehead atoms. The molecule has 0 radical (unpaired) electrons. The van der Waals surface area contributed by atoms with E-state index in [1.807, 2.05) is 19.1 Å². The van der Waals surface area contributed by atoms with Gasteiger partial charge in [0.25, 0.3) is 0 Å². The molecule has 1 aliphatic carbocycles. The molecule has 4 aromatic carbocycles. The Morgan fingerprint density at radius 2 is 1.26 bits per heavy atom. The fourth-order valence-electron chi connectivity index (χ4n) is 6.19. The minimum absolute atomic E-state index is 0.0697. The smallest absolute Gasteiger partial charge is 0.313 e. The summed E-state index contributed by atoms with van der Waals surface area (Å²) in [4.78, 5) is 0. The van der Waals surface area contributed by atoms with Gasteiger partial charge < -0.3 is 4.74 Å². The summed E-state index contributed by atoms with van der Waals surface area (Å²) < 4.78 is 131. The molecule has 0 aromatic heterocycles. The molecule has 47 heavy (non-hydrogen) atoms. The van der Waals surface area contributed by atoms with E-state index in [2.05, 4.69) is 0 Å². The molecule has 0 heterocycles. The maximum Gasteiger partial charge on any atom is 0.422 e. The van der Waals surface area contributed by atoms with Crippen LogP contribution in [0.3, 0.4) is 0 Å². The summed E-state index contributed by atoms with van der Waals surface area (Å²) >= 11 is 0. The van der Waals surface area contributed by atoms with E-state index < -0.39 is 52.8 Å². The van der Waals surface area contributed by atoms with Gasteiger partial charge in [-0.05, 0) is 103 Å². The van der Waals surface area contributed by atoms with Gasteiger partial charge in [0.2, 0.25) is 0 Å². The molecule has 1 fully saturated rings. The zero-order valence-corrected chi connectivity index (χ0v) is 25.5. The van der Waals surface area contributed by atoms with Gasteiger partial charge in [0.05, 0.1) is 11.7 Å². The Morgan fingerprint density at radius 1 is 0.638 bits per heavy atom. The molecular formula is C37H33F9O. The standard InChI is InChI=1S/C37H33F9O/c1-2-3-4-5-22-6-17-30(32(39)18-22)37(45,46)47-28-14-11-24(12-15-28)23-7-9-25(10-8-23)26-13-16-29(31(38)19-26)27-20-33(40)35(34(41)21-27)36(42,43)44/h6-10,13,16-21,24,28H,2-5,11-12,14-15H2,1H3. The van der Waals surface area contributed by atoms with E-state index in [0.29, 0.717) is 60.9 Å². The predicted molar refractivity (Wildman–Crippen MR) is 162 cm³/mol. The Bertz CT molecular complexity index is 1660. The summed E-state index contributed by atoms with van der Waals surface area (Å²) in [5, 5.41) is 0. The first kappa shape index (κ1) is 34.5. The second-order valence-electron chi connectivity index (χ2n) is 12.0. The molecule has 1 saturated carbocycles. The van der Waals surface area contributed by atoms with Crippen LogP contribution in [0.25, 0.3) is 22.3 Å². The number of rotatable bonds is 10. The number of hydrogen-bond donors (Lipinski definition) is 0. The average Bonchev–Trinajstić information content (AvgIpc) is 3.00. The van der Waals surface area contributed by atoms with E-state index in [-0.39, 0.29) is 17.0 Å². The van der Waals surface area contributed by atoms with Gasteiger partial charge in [-0.15, -0.1) is 0 Å². The van der Waals surface area contributed by atoms with Gasteiger partial charge in [-0.2, -0.15) is 22.0 Å². The minimum atomic E-state index is -5.23. The zero-order chi connectivity index (χ0) is 33.9. The van der Waals surface area contributed by atoms with Gasteiger partial charge >= 0.3 is 12.3 Å². The average molecular weight is 665 g/mol. The highest BCUT2D eigenvalue weighted by atomic mass is 19.4. The second kappa shape index (κ2) is 14.1. The topological polar surface area (TPSA) is 9.23 Å². The van der Waals surface area contributed by atoms with Crippen molar-refractivity contribution in [2.24, 2.45) is 0 Å². The molecular weight excluding hydrogens is 631 g/mol. The Hall–Kier alpha value is -3.79. The third-order valence-electron chi connectivity index (χ3n) is 8.73. The Labute approximate surface area is 267 Å². The normalized spacial score (nSPS) is 17.2. The van der Waals surface area contributed by atoms with Crippen molar-refractivity contribution in [3.63, 3.8) is 0 Å². The number of alkyl halides is 5. The van der Waals surface area contributed by atoms with Crippen LogP contribution in [0.1, 0.15) is 80.0 Å². The lowest BCUT2D eigenvalue weighted by Crippen LogP contribution is -2.30. The molecule has 4 aromatic rings. The van der Waals surface area contributed by atoms with Gasteiger partial charge in [0.15, 0.2) is 0 Å². The van der Waals surface area contributed by atoms with Crippen molar-refractivity contribution in [1.29, 1.82) is 0 Å². The fraction of sp³-hybridized carbons (Fsp3) is 0.351. The van der Waals surface area contributed by atoms with E-state index in [4.69, 9.17) is 4.74 Å². The third kappa shape index (κ3) is 8.03. The van der Waals surface area contributed by atoms with Gasteiger partial charge in [-0.3, -0.25) is 0 Å². The molecule has 0 spiro atoms. The number of ether oxygens (including phenoxy) is 1. The second-order valence-corrected chi connectivity index (χ2v) is 12.0. The van der Waals surface area contributed by atoms with Crippen LogP contribution in [0.15, 0.2) is 72.8 Å². The molecule has 0 N–H and O–H groups in total. The van der Waals surface area contributed by atoms with Crippen LogP contribution < -0.4 is 0 Å². The van der Waals surface area contributed by atoms with Crippen LogP contribution in [-0.4, -0.2) is 6.10 Å². The van der Waals surface area contributed by atoms with Crippen LogP contribution in [0.4, 0.5) is 39.5 Å². The van der Waals surface area contributed by atoms with Crippen LogP contribution in [0.2, 0.25) is 0 Å². The highest BCUT2D eigenvalue weighted by Crippen LogP contribution is 2.41. The lowest BCUT2D eigenvalue weighted by molar-refractivity contribution is -0.278. The summed E-state index contributed by atoms with van der Waals surface area (Å²) in [5.74, 6) is -5.45. The molecule has 0 aliphatic heterocycles. The van der Waals surface area contributed by atoms with Crippen molar-refractivity contribution in [2.45, 2.75) is 82.6 Å². The number of aryl methyl sites for hydroxylation is 1. The van der Waals surface area contributed by atoms with Crippen LogP contribution in [0, 0.1) is 23.3 Å². The Morgan fingerprint density at radius 3 is 1.83 bits per heavy atom. The number of benzene rings is 4. The van der Waals surface area contributed by atoms with E-state index in [1.54, 1.807) is 12.1 Å². The Kier molecular flexibility index (Phi) is 10.4. The molecule has 250 valence electrons. The molecule has 10 heteroatoms. The molecule has 0 atom stereocenters. The van der Waals surface area contributed by atoms with Crippen molar-refractivity contribution in [1.82, 2.24) is 0 Å². The van der Waals surface area contributed by atoms with Crippen molar-refractivity contribution in [2.75, 3.05) is 0 Å². The van der Waals surface area contributed by atoms with E-state index in [1.165, 1.54) is 18.2 Å². The first-order chi connectivity index (χ1) is 22.3. The highest BCUT2D eigenvalue weighted by Gasteiger charge is 2.40. The SMILES string of the molecule is CCCCCc1ccc(C(F)(F)OC2CCC(c3ccc(-c4ccc(-c5cc(F)c(C(F)(F)F)c(F)c5)c(F)c4)cc3)CC2)c(F)c1. The van der Waals surface area contributed by atoms with Crippen molar-refractivity contribution >= 4 is 0 Å². The third-order valence-corrected chi connectivity index (χ3v) is 8.73. The van der Waals surface area contributed by atoms with Crippen LogP contribution in [0.5, 0.6) is 0 Å². The molecule has 1 nitrogen and oxygen atoms in total. The monoisotopic (exact) mass is 664 g/mol. The number of unbranched alkanes of at least 4 members (excludes halogenated alkanes) is 2. The summed E-state index contributed by atoms with van der Waals surface area (Å²) in [6, 6.07) is 15.8. The molecule has 0 saturated heterocycles. The highest BCUT2D eigenvalue weighted by molar-refractivity contribution is 5.71. The maximum atomic E-state index is 15.0. The molecule has 1 aliphatic rings. The van der Waals surface area contributed by atoms with Crippen LogP contribution in [-0.2, 0) is 23.4 Å². The summed E-state index contributed by atoms with van der Waals surface area (Å²) in [6.07, 6.45) is -4.40. The maximum absolute atomic E-state index is 15.0. The molecule has 0 amide bonds. The van der Waals surface area contributed by atoms with Gasteiger partial charge in [0.1, 0.15) is 28.8 Å². The largest absolute Gasteiger partial charge is 0.422 e. The number of halogens is 9. The van der Waals surface area contributed by atoms with Crippen molar-refractivity contribution < 1.29 is 44.3 Å². The number of hydrogen-bond acceptors (Lipinski definition) is 1. The van der Waals surface area contributed by atoms with Crippen molar-refractivity contribution in [3.05, 3.63) is 118 Å². The van der Waals surface area contributed by atoms with Gasteiger partial charge in [-0.1, -0.05) is 62.2 Å². The first-order valence-electron chi connectivity index (χ1n) is 15.6. The summed E-state index contributed by atoms with van der Waals surface area (Å²) in [7, 11) is 0. The minimum Gasteiger partial charge on any atom is -0.313 e. The Balaban J connectivity index is 1.20. The summed E-state index contributed by atoms with van der Waals surface area (Å²) in [6.45, 7) is 2.05. The van der Waals surface area contributed by atoms with Gasteiger partial charge in [-0.25, -0.2) is 17.6 Å². The van der Waals surface area contributed by atoms with Gasteiger partial charge in [0, 0.05) is 5.56 Å². The molecule has 0 unspecified atom stereocenters. The van der Waals surface area contributed by atoms with E-state index >= 15 is 0 Å². The van der Waals surface area contributed by atoms with Crippen molar-refractivity contribution in [3.8, 4) is 22.3 Å². The quantitative estimate of drug-likeness (QED) is 0.121. The first-order valence-corrected chi connectivity index (χ1v) is 15.6. The molecule has 5 rings (SSSR count). The van der Waals surface area contributed by atoms with E-state index in [9.17, 15) is 39.5 Å². The van der Waals surface area contributed by atoms with E-state index in [0.717, 1.165) is 43.0 Å². The zero-order valence-electron chi connectivity index (χ0n) is 25.5. The lowest BCUT2D eigenvalue weighted by Gasteiger charge is -2.31. The fourth-order valence-corrected chi connectivity index (χ4v) is 6.19.